The molecule has 2 aromatic heterocycles. The first-order valence-corrected chi connectivity index (χ1v) is 10.2. The summed E-state index contributed by atoms with van der Waals surface area (Å²) in [7, 11) is 0. The van der Waals surface area contributed by atoms with Crippen LogP contribution in [-0.4, -0.2) is 34.1 Å². The van der Waals surface area contributed by atoms with Crippen molar-refractivity contribution in [2.75, 3.05) is 6.61 Å². The molecule has 1 aliphatic heterocycles. The second-order valence-corrected chi connectivity index (χ2v) is 7.56. The van der Waals surface area contributed by atoms with Gasteiger partial charge in [-0.1, -0.05) is 35.9 Å². The number of hydrogen-bond acceptors (Lipinski definition) is 4. The van der Waals surface area contributed by atoms with Crippen molar-refractivity contribution in [3.05, 3.63) is 95.4 Å². The first kappa shape index (κ1) is 21.1. The molecule has 0 fully saturated rings. The fraction of sp³-hybridized carbons (Fsp3) is 0.160. The van der Waals surface area contributed by atoms with Crippen LogP contribution in [0, 0.1) is 6.92 Å². The van der Waals surface area contributed by atoms with Crippen LogP contribution in [0.3, 0.4) is 0 Å². The van der Waals surface area contributed by atoms with Crippen molar-refractivity contribution in [3.63, 3.8) is 0 Å². The Balaban J connectivity index is 0.000000775. The van der Waals surface area contributed by atoms with Crippen LogP contribution in [0.25, 0.3) is 10.9 Å². The molecule has 0 saturated heterocycles. The fourth-order valence-corrected chi connectivity index (χ4v) is 4.03. The van der Waals surface area contributed by atoms with Crippen molar-refractivity contribution in [2.24, 2.45) is 0 Å². The Morgan fingerprint density at radius 3 is 2.75 bits per heavy atom. The Kier molecular flexibility index (Phi) is 5.89. The monoisotopic (exact) mass is 429 g/mol. The number of hydrogen-bond donors (Lipinski definition) is 3. The average molecular weight is 429 g/mol. The molecule has 5 rings (SSSR count). The van der Waals surface area contributed by atoms with Gasteiger partial charge in [-0.3, -0.25) is 14.6 Å². The van der Waals surface area contributed by atoms with E-state index in [-0.39, 0.29) is 12.4 Å². The van der Waals surface area contributed by atoms with E-state index in [2.05, 4.69) is 46.5 Å². The zero-order valence-corrected chi connectivity index (χ0v) is 17.5. The number of carboxylic acid groups (broad SMARTS) is 1. The van der Waals surface area contributed by atoms with E-state index in [0.29, 0.717) is 24.3 Å². The molecule has 3 N–H and O–H groups in total. The van der Waals surface area contributed by atoms with Crippen LogP contribution in [0.1, 0.15) is 33.6 Å². The van der Waals surface area contributed by atoms with Crippen molar-refractivity contribution in [1.82, 2.24) is 15.3 Å². The second-order valence-electron chi connectivity index (χ2n) is 7.56. The van der Waals surface area contributed by atoms with E-state index in [4.69, 9.17) is 14.6 Å². The molecule has 7 nitrogen and oxygen atoms in total. The molecular formula is C25H23N3O4. The summed E-state index contributed by atoms with van der Waals surface area (Å²) in [5, 5.41) is 11.3. The number of aromatic nitrogens is 2. The zero-order chi connectivity index (χ0) is 22.6. The number of carbonyl (C=O) groups is 2. The van der Waals surface area contributed by atoms with Crippen molar-refractivity contribution >= 4 is 23.3 Å². The van der Waals surface area contributed by atoms with Gasteiger partial charge in [-0.05, 0) is 48.2 Å². The molecule has 3 heterocycles. The van der Waals surface area contributed by atoms with E-state index in [0.717, 1.165) is 22.2 Å². The maximum atomic E-state index is 13.3. The number of aryl methyl sites for hydroxylation is 1. The third kappa shape index (κ3) is 3.92. The lowest BCUT2D eigenvalue weighted by molar-refractivity contribution is -0.122. The van der Waals surface area contributed by atoms with Crippen molar-refractivity contribution in [3.8, 4) is 5.75 Å². The lowest BCUT2D eigenvalue weighted by Crippen LogP contribution is -2.50. The minimum absolute atomic E-state index is 0.138. The van der Waals surface area contributed by atoms with Crippen molar-refractivity contribution in [2.45, 2.75) is 18.9 Å². The van der Waals surface area contributed by atoms with E-state index in [9.17, 15) is 4.79 Å². The molecule has 0 unspecified atom stereocenters. The zero-order valence-electron chi connectivity index (χ0n) is 17.5. The Labute approximate surface area is 185 Å². The van der Waals surface area contributed by atoms with E-state index < -0.39 is 5.54 Å². The summed E-state index contributed by atoms with van der Waals surface area (Å²) in [5.74, 6) is 0.569. The molecule has 0 saturated carbocycles. The minimum Gasteiger partial charge on any atom is -0.491 e. The number of nitrogens with one attached hydrogen (secondary N) is 2. The molecule has 2 aromatic carbocycles. The molecule has 0 radical (unpaired) electrons. The van der Waals surface area contributed by atoms with Gasteiger partial charge in [0.2, 0.25) is 0 Å². The molecule has 0 bridgehead atoms. The van der Waals surface area contributed by atoms with Gasteiger partial charge < -0.3 is 20.1 Å². The summed E-state index contributed by atoms with van der Waals surface area (Å²) < 4.78 is 5.84. The molecule has 162 valence electrons. The third-order valence-corrected chi connectivity index (χ3v) is 5.60. The number of aromatic amines is 1. The number of rotatable bonds is 3. The molecular weight excluding hydrogens is 406 g/mol. The van der Waals surface area contributed by atoms with E-state index in [1.54, 1.807) is 6.20 Å². The molecule has 1 aliphatic rings. The number of fused-ring (bicyclic) bond motifs is 2. The first-order valence-electron chi connectivity index (χ1n) is 10.2. The van der Waals surface area contributed by atoms with Crippen LogP contribution >= 0.6 is 0 Å². The van der Waals surface area contributed by atoms with Gasteiger partial charge in [-0.25, -0.2) is 0 Å². The van der Waals surface area contributed by atoms with Crippen LogP contribution in [0.2, 0.25) is 0 Å². The van der Waals surface area contributed by atoms with Gasteiger partial charge in [0.15, 0.2) is 0 Å². The highest BCUT2D eigenvalue weighted by Gasteiger charge is 2.42. The van der Waals surface area contributed by atoms with Crippen LogP contribution in [-0.2, 0) is 10.3 Å². The Morgan fingerprint density at radius 1 is 1.19 bits per heavy atom. The lowest BCUT2D eigenvalue weighted by atomic mass is 9.81. The first-order chi connectivity index (χ1) is 15.6. The third-order valence-electron chi connectivity index (χ3n) is 5.60. The molecule has 1 atom stereocenters. The maximum absolute atomic E-state index is 13.3. The molecule has 1 amide bonds. The number of amides is 1. The second kappa shape index (κ2) is 8.93. The number of ether oxygens (including phenoxy) is 1. The van der Waals surface area contributed by atoms with Crippen LogP contribution in [0.5, 0.6) is 5.75 Å². The largest absolute Gasteiger partial charge is 0.491 e. The van der Waals surface area contributed by atoms with Gasteiger partial charge in [0, 0.05) is 29.9 Å². The molecule has 7 heteroatoms. The molecule has 0 spiro atoms. The summed E-state index contributed by atoms with van der Waals surface area (Å²) in [6.07, 6.45) is 4.23. The van der Waals surface area contributed by atoms with E-state index in [1.165, 1.54) is 5.56 Å². The highest BCUT2D eigenvalue weighted by Crippen LogP contribution is 2.40. The number of H-pyrrole nitrogens is 1. The molecule has 4 aromatic rings. The smallest absolute Gasteiger partial charge is 0.290 e. The predicted molar refractivity (Wildman–Crippen MR) is 121 cm³/mol. The van der Waals surface area contributed by atoms with Gasteiger partial charge >= 0.3 is 0 Å². The van der Waals surface area contributed by atoms with Crippen molar-refractivity contribution < 1.29 is 19.4 Å². The van der Waals surface area contributed by atoms with Crippen LogP contribution in [0.15, 0.2) is 73.1 Å². The summed E-state index contributed by atoms with van der Waals surface area (Å²) in [6.45, 7) is 2.30. The molecule has 32 heavy (non-hydrogen) atoms. The number of pyridine rings is 1. The van der Waals surface area contributed by atoms with Gasteiger partial charge in [0.05, 0.1) is 6.61 Å². The fourth-order valence-electron chi connectivity index (χ4n) is 4.03. The van der Waals surface area contributed by atoms with Gasteiger partial charge in [0.25, 0.3) is 12.4 Å². The standard InChI is InChI=1S/C24H21N3O2.CH2O2/c1-16-4-8-19(9-5-16)24(11-14-29-21-3-2-12-26-22(21)24)27-23(28)18-7-6-17-10-13-25-20(17)15-18;2-1-3/h2-10,12-13,15,25H,11,14H2,1H3,(H,27,28);1H,(H,2,3)/t24-;/m0./s1. The molecule has 0 aliphatic carbocycles. The predicted octanol–water partition coefficient (Wildman–Crippen LogP) is 4.03. The highest BCUT2D eigenvalue weighted by molar-refractivity contribution is 5.98. The summed E-state index contributed by atoms with van der Waals surface area (Å²) in [4.78, 5) is 29.5. The normalized spacial score (nSPS) is 16.8. The SMILES string of the molecule is Cc1ccc([C@@]2(NC(=O)c3ccc4cc[nH]c4c3)CCOc3cccnc32)cc1.O=CO. The Hall–Kier alpha value is -4.13. The van der Waals surface area contributed by atoms with E-state index >= 15 is 0 Å². The number of carbonyl (C=O) groups excluding carboxylic acids is 1. The van der Waals surface area contributed by atoms with Crippen molar-refractivity contribution in [1.29, 1.82) is 0 Å². The van der Waals surface area contributed by atoms with Gasteiger partial charge in [0.1, 0.15) is 17.0 Å². The quantitative estimate of drug-likeness (QED) is 0.427. The van der Waals surface area contributed by atoms with Gasteiger partial charge in [-0.15, -0.1) is 0 Å². The number of nitrogens with zero attached hydrogens (tertiary/aromatic N) is 1. The number of benzene rings is 2. The maximum Gasteiger partial charge on any atom is 0.290 e. The Morgan fingerprint density at radius 2 is 1.97 bits per heavy atom. The summed E-state index contributed by atoms with van der Waals surface area (Å²) in [6, 6.07) is 19.7. The minimum atomic E-state index is -0.746. The lowest BCUT2D eigenvalue weighted by Gasteiger charge is -2.39. The van der Waals surface area contributed by atoms with Crippen LogP contribution < -0.4 is 10.1 Å². The van der Waals surface area contributed by atoms with Gasteiger partial charge in [-0.2, -0.15) is 0 Å². The van der Waals surface area contributed by atoms with E-state index in [1.807, 2.05) is 42.6 Å². The highest BCUT2D eigenvalue weighted by atomic mass is 16.5. The average Bonchev–Trinajstić information content (AvgIpc) is 3.28. The Bertz CT molecular complexity index is 1250. The topological polar surface area (TPSA) is 104 Å². The summed E-state index contributed by atoms with van der Waals surface area (Å²) in [5.41, 5.74) is 3.71. The summed E-state index contributed by atoms with van der Waals surface area (Å²) >= 11 is 0. The van der Waals surface area contributed by atoms with Crippen LogP contribution in [0.4, 0.5) is 0 Å².